The van der Waals surface area contributed by atoms with Gasteiger partial charge in [-0.15, -0.1) is 11.3 Å². The van der Waals surface area contributed by atoms with Gasteiger partial charge in [-0.1, -0.05) is 36.8 Å². The fourth-order valence-corrected chi connectivity index (χ4v) is 5.51. The molecular weight excluding hydrogens is 422 g/mol. The Bertz CT molecular complexity index is 1350. The monoisotopic (exact) mass is 447 g/mol. The maximum Gasteiger partial charge on any atom is 0.262 e. The minimum Gasteiger partial charge on any atom is -0.337 e. The highest BCUT2D eigenvalue weighted by Crippen LogP contribution is 2.30. The number of aromatic nitrogens is 4. The van der Waals surface area contributed by atoms with E-state index in [1.54, 1.807) is 10.8 Å². The van der Waals surface area contributed by atoms with Crippen LogP contribution in [0.4, 0.5) is 0 Å². The molecule has 4 aromatic rings. The number of nitrogens with one attached hydrogen (secondary N) is 1. The molecule has 0 fully saturated rings. The van der Waals surface area contributed by atoms with Crippen molar-refractivity contribution in [2.24, 2.45) is 7.05 Å². The number of benzene rings is 1. The van der Waals surface area contributed by atoms with Gasteiger partial charge in [0.25, 0.3) is 11.5 Å². The standard InChI is InChI=1S/C24H25N5O2S/c1-15-18-23(26-17-11-7-4-8-13-29(17)24(18)31)32-20(15)22(30)27-19(16-9-5-3-6-10-16)21-25-12-14-28(21)2/h3,5-6,9-10,12,14,19H,4,7-8,11,13H2,1-2H3,(H,27,30). The molecule has 5 rings (SSSR count). The number of thiophene rings is 1. The largest absolute Gasteiger partial charge is 0.337 e. The fraction of sp³-hybridized carbons (Fsp3) is 0.333. The topological polar surface area (TPSA) is 81.8 Å². The third-order valence-electron chi connectivity index (χ3n) is 6.14. The van der Waals surface area contributed by atoms with Crippen LogP contribution >= 0.6 is 11.3 Å². The van der Waals surface area contributed by atoms with E-state index in [2.05, 4.69) is 10.3 Å². The zero-order chi connectivity index (χ0) is 22.2. The highest BCUT2D eigenvalue weighted by Gasteiger charge is 2.26. The summed E-state index contributed by atoms with van der Waals surface area (Å²) in [4.78, 5) is 37.1. The first-order chi connectivity index (χ1) is 15.5. The van der Waals surface area contributed by atoms with Gasteiger partial charge in [-0.2, -0.15) is 0 Å². The van der Waals surface area contributed by atoms with Gasteiger partial charge in [0.2, 0.25) is 0 Å². The van der Waals surface area contributed by atoms with Crippen molar-refractivity contribution in [2.45, 2.75) is 45.2 Å². The van der Waals surface area contributed by atoms with Crippen LogP contribution in [0, 0.1) is 6.92 Å². The summed E-state index contributed by atoms with van der Waals surface area (Å²) in [6.45, 7) is 2.54. The number of amides is 1. The highest BCUT2D eigenvalue weighted by atomic mass is 32.1. The normalized spacial score (nSPS) is 14.7. The number of hydrogen-bond donors (Lipinski definition) is 1. The molecule has 1 amide bonds. The Labute approximate surface area is 189 Å². The molecule has 4 heterocycles. The van der Waals surface area contributed by atoms with Gasteiger partial charge in [0, 0.05) is 32.4 Å². The summed E-state index contributed by atoms with van der Waals surface area (Å²) in [7, 11) is 1.91. The van der Waals surface area contributed by atoms with Gasteiger partial charge in [0.05, 0.1) is 10.3 Å². The first-order valence-electron chi connectivity index (χ1n) is 10.9. The van der Waals surface area contributed by atoms with Gasteiger partial charge < -0.3 is 9.88 Å². The SMILES string of the molecule is Cc1c(C(=O)NC(c2ccccc2)c2nccn2C)sc2nc3n(c(=O)c12)CCCCC3. The van der Waals surface area contributed by atoms with E-state index in [9.17, 15) is 9.59 Å². The van der Waals surface area contributed by atoms with Gasteiger partial charge in [0.15, 0.2) is 0 Å². The van der Waals surface area contributed by atoms with Crippen LogP contribution in [0.5, 0.6) is 0 Å². The lowest BCUT2D eigenvalue weighted by Gasteiger charge is -2.19. The Morgan fingerprint density at radius 1 is 1.19 bits per heavy atom. The van der Waals surface area contributed by atoms with Crippen molar-refractivity contribution in [3.05, 3.63) is 80.7 Å². The summed E-state index contributed by atoms with van der Waals surface area (Å²) in [5.74, 6) is 1.36. The smallest absolute Gasteiger partial charge is 0.262 e. The number of imidazole rings is 1. The van der Waals surface area contributed by atoms with Crippen molar-refractivity contribution in [3.8, 4) is 0 Å². The lowest BCUT2D eigenvalue weighted by atomic mass is 10.1. The van der Waals surface area contributed by atoms with E-state index in [1.807, 2.05) is 55.1 Å². The maximum atomic E-state index is 13.4. The van der Waals surface area contributed by atoms with Gasteiger partial charge in [0.1, 0.15) is 22.5 Å². The molecule has 0 saturated heterocycles. The molecule has 0 radical (unpaired) electrons. The molecule has 1 aliphatic rings. The number of nitrogens with zero attached hydrogens (tertiary/aromatic N) is 4. The average molecular weight is 448 g/mol. The van der Waals surface area contributed by atoms with Crippen LogP contribution in [0.1, 0.15) is 57.8 Å². The Hall–Kier alpha value is -3.26. The predicted octanol–water partition coefficient (Wildman–Crippen LogP) is 3.75. The number of rotatable bonds is 4. The van der Waals surface area contributed by atoms with E-state index in [0.29, 0.717) is 27.2 Å². The number of hydrogen-bond acceptors (Lipinski definition) is 5. The average Bonchev–Trinajstić information content (AvgIpc) is 3.27. The van der Waals surface area contributed by atoms with Crippen LogP contribution in [-0.2, 0) is 20.0 Å². The molecule has 1 N–H and O–H groups in total. The predicted molar refractivity (Wildman–Crippen MR) is 125 cm³/mol. The van der Waals surface area contributed by atoms with Crippen LogP contribution < -0.4 is 10.9 Å². The summed E-state index contributed by atoms with van der Waals surface area (Å²) in [6, 6.07) is 9.38. The van der Waals surface area contributed by atoms with Crippen molar-refractivity contribution in [1.82, 2.24) is 24.4 Å². The van der Waals surface area contributed by atoms with Crippen LogP contribution in [0.3, 0.4) is 0 Å². The van der Waals surface area contributed by atoms with Crippen LogP contribution in [0.15, 0.2) is 47.5 Å². The zero-order valence-electron chi connectivity index (χ0n) is 18.2. The molecule has 0 bridgehead atoms. The van der Waals surface area contributed by atoms with E-state index in [0.717, 1.165) is 42.9 Å². The Morgan fingerprint density at radius 2 is 2.00 bits per heavy atom. The van der Waals surface area contributed by atoms with Gasteiger partial charge in [-0.3, -0.25) is 14.2 Å². The van der Waals surface area contributed by atoms with Gasteiger partial charge >= 0.3 is 0 Å². The minimum atomic E-state index is -0.404. The molecule has 3 aromatic heterocycles. The first kappa shape index (κ1) is 20.6. The first-order valence-corrected chi connectivity index (χ1v) is 11.7. The second kappa shape index (κ2) is 8.35. The molecule has 32 heavy (non-hydrogen) atoms. The molecule has 0 aliphatic carbocycles. The van der Waals surface area contributed by atoms with E-state index in [1.165, 1.54) is 11.3 Å². The van der Waals surface area contributed by atoms with Gasteiger partial charge in [-0.05, 0) is 30.9 Å². The third-order valence-corrected chi connectivity index (χ3v) is 7.33. The fourth-order valence-electron chi connectivity index (χ4n) is 4.42. The molecule has 1 unspecified atom stereocenters. The van der Waals surface area contributed by atoms with Crippen molar-refractivity contribution in [1.29, 1.82) is 0 Å². The van der Waals surface area contributed by atoms with Crippen molar-refractivity contribution in [2.75, 3.05) is 0 Å². The quantitative estimate of drug-likeness (QED) is 0.517. The molecule has 164 valence electrons. The molecular formula is C24H25N5O2S. The summed E-state index contributed by atoms with van der Waals surface area (Å²) in [5.41, 5.74) is 1.62. The van der Waals surface area contributed by atoms with Crippen LogP contribution in [0.2, 0.25) is 0 Å². The van der Waals surface area contributed by atoms with Crippen molar-refractivity contribution >= 4 is 27.5 Å². The summed E-state index contributed by atoms with van der Waals surface area (Å²) >= 11 is 1.30. The second-order valence-corrected chi connectivity index (χ2v) is 9.24. The Morgan fingerprint density at radius 3 is 2.75 bits per heavy atom. The molecule has 1 aliphatic heterocycles. The molecule has 0 saturated carbocycles. The summed E-state index contributed by atoms with van der Waals surface area (Å²) in [5, 5.41) is 3.71. The van der Waals surface area contributed by atoms with E-state index in [-0.39, 0.29) is 11.5 Å². The minimum absolute atomic E-state index is 0.0246. The van der Waals surface area contributed by atoms with E-state index < -0.39 is 6.04 Å². The molecule has 7 nitrogen and oxygen atoms in total. The molecule has 1 aromatic carbocycles. The van der Waals surface area contributed by atoms with Crippen molar-refractivity contribution in [3.63, 3.8) is 0 Å². The molecule has 0 spiro atoms. The van der Waals surface area contributed by atoms with E-state index in [4.69, 9.17) is 4.98 Å². The number of carbonyl (C=O) groups excluding carboxylic acids is 1. The molecule has 8 heteroatoms. The summed E-state index contributed by atoms with van der Waals surface area (Å²) in [6.07, 6.45) is 7.52. The number of carbonyl (C=O) groups is 1. The zero-order valence-corrected chi connectivity index (χ0v) is 19.0. The number of fused-ring (bicyclic) bond motifs is 2. The molecule has 1 atom stereocenters. The van der Waals surface area contributed by atoms with E-state index >= 15 is 0 Å². The second-order valence-electron chi connectivity index (χ2n) is 8.25. The highest BCUT2D eigenvalue weighted by molar-refractivity contribution is 7.20. The summed E-state index contributed by atoms with van der Waals surface area (Å²) < 4.78 is 3.71. The van der Waals surface area contributed by atoms with Gasteiger partial charge in [-0.25, -0.2) is 9.97 Å². The third kappa shape index (κ3) is 3.54. The lowest BCUT2D eigenvalue weighted by Crippen LogP contribution is -2.31. The van der Waals surface area contributed by atoms with Crippen LogP contribution in [0.25, 0.3) is 10.2 Å². The Balaban J connectivity index is 1.55. The Kier molecular flexibility index (Phi) is 5.38. The van der Waals surface area contributed by atoms with Crippen molar-refractivity contribution < 1.29 is 4.79 Å². The maximum absolute atomic E-state index is 13.4. The number of aryl methyl sites for hydroxylation is 3. The lowest BCUT2D eigenvalue weighted by molar-refractivity contribution is 0.0945. The van der Waals surface area contributed by atoms with Crippen LogP contribution in [-0.4, -0.2) is 25.0 Å².